The summed E-state index contributed by atoms with van der Waals surface area (Å²) in [6.45, 7) is 4.87. The average Bonchev–Trinajstić information content (AvgIpc) is 2.99. The molecule has 8 nitrogen and oxygen atoms in total. The molecule has 1 amide bonds. The number of rotatable bonds is 35. The van der Waals surface area contributed by atoms with Crippen molar-refractivity contribution in [3.63, 3.8) is 0 Å². The number of aliphatic hydroxyl groups excluding tert-OH is 1. The summed E-state index contributed by atoms with van der Waals surface area (Å²) in [5.74, 6) is -0.145. The van der Waals surface area contributed by atoms with Gasteiger partial charge in [-0.1, -0.05) is 162 Å². The Hall–Kier alpha value is -0.500. The van der Waals surface area contributed by atoms with E-state index in [1.165, 1.54) is 116 Å². The monoisotopic (exact) mass is 678 g/mol. The smallest absolute Gasteiger partial charge is 0.391 e. The van der Waals surface area contributed by atoms with Gasteiger partial charge in [-0.3, -0.25) is 13.8 Å². The van der Waals surface area contributed by atoms with E-state index in [0.717, 1.165) is 38.5 Å². The number of carbonyl (C=O) groups is 1. The summed E-state index contributed by atoms with van der Waals surface area (Å²) in [5.41, 5.74) is 0. The van der Waals surface area contributed by atoms with E-state index >= 15 is 0 Å². The van der Waals surface area contributed by atoms with Gasteiger partial charge in [0.05, 0.1) is 39.9 Å². The first kappa shape index (κ1) is 45.5. The van der Waals surface area contributed by atoms with E-state index in [-0.39, 0.29) is 19.1 Å². The number of carbonyl (C=O) groups excluding carboxylic acids is 1. The molecule has 0 heterocycles. The highest BCUT2D eigenvalue weighted by atomic mass is 31.2. The zero-order chi connectivity index (χ0) is 34.4. The second-order valence-corrected chi connectivity index (χ2v) is 16.1. The third-order valence-corrected chi connectivity index (χ3v) is 9.84. The van der Waals surface area contributed by atoms with Crippen LogP contribution in [0.2, 0.25) is 0 Å². The molecule has 276 valence electrons. The standard InChI is InChI=1S/C37H77N2O6P/c1-6-8-10-12-14-16-18-19-21-23-25-27-29-31-37(41)38-35(34-45-46(42,43)44-33-32-39(3,4)5)36(40)30-28-26-24-22-20-17-15-13-11-9-7-2/h35-36,40H,6-34H2,1-5H3,(H-,38,41,42,43)/p+1. The second-order valence-electron chi connectivity index (χ2n) is 14.7. The third kappa shape index (κ3) is 32.1. The van der Waals surface area contributed by atoms with E-state index in [1.807, 2.05) is 21.1 Å². The topological polar surface area (TPSA) is 105 Å². The number of quaternary nitrogens is 1. The average molecular weight is 678 g/mol. The zero-order valence-electron chi connectivity index (χ0n) is 31.1. The zero-order valence-corrected chi connectivity index (χ0v) is 32.0. The van der Waals surface area contributed by atoms with Crippen molar-refractivity contribution in [1.82, 2.24) is 5.32 Å². The van der Waals surface area contributed by atoms with E-state index in [9.17, 15) is 19.4 Å². The maximum atomic E-state index is 12.8. The lowest BCUT2D eigenvalue weighted by atomic mass is 10.0. The molecule has 0 saturated heterocycles. The van der Waals surface area contributed by atoms with Gasteiger partial charge in [0.2, 0.25) is 5.91 Å². The molecule has 0 aliphatic heterocycles. The minimum atomic E-state index is -4.30. The van der Waals surface area contributed by atoms with E-state index < -0.39 is 20.0 Å². The molecule has 0 rings (SSSR count). The molecule has 0 aromatic rings. The highest BCUT2D eigenvalue weighted by Gasteiger charge is 2.28. The summed E-state index contributed by atoms with van der Waals surface area (Å²) in [6, 6.07) is -0.750. The first-order valence-corrected chi connectivity index (χ1v) is 20.9. The van der Waals surface area contributed by atoms with Crippen LogP contribution in [0.1, 0.15) is 181 Å². The molecule has 3 unspecified atom stereocenters. The van der Waals surface area contributed by atoms with Gasteiger partial charge in [0.15, 0.2) is 0 Å². The van der Waals surface area contributed by atoms with Crippen LogP contribution in [0.4, 0.5) is 0 Å². The number of phosphoric acid groups is 1. The van der Waals surface area contributed by atoms with Crippen molar-refractivity contribution in [2.45, 2.75) is 193 Å². The van der Waals surface area contributed by atoms with Crippen LogP contribution >= 0.6 is 7.82 Å². The van der Waals surface area contributed by atoms with Gasteiger partial charge in [0, 0.05) is 6.42 Å². The van der Waals surface area contributed by atoms with Crippen molar-refractivity contribution in [3.8, 4) is 0 Å². The summed E-state index contributed by atoms with van der Waals surface area (Å²) >= 11 is 0. The molecule has 0 saturated carbocycles. The van der Waals surface area contributed by atoms with Crippen LogP contribution < -0.4 is 5.32 Å². The summed E-state index contributed by atoms with van der Waals surface area (Å²) < 4.78 is 23.5. The molecule has 3 N–H and O–H groups in total. The molecule has 0 aromatic carbocycles. The van der Waals surface area contributed by atoms with Crippen LogP contribution in [0, 0.1) is 0 Å². The van der Waals surface area contributed by atoms with Gasteiger partial charge in [-0.15, -0.1) is 0 Å². The summed E-state index contributed by atoms with van der Waals surface area (Å²) in [7, 11) is 1.62. The minimum absolute atomic E-state index is 0.0780. The Balaban J connectivity index is 4.44. The number of nitrogens with zero attached hydrogens (tertiary/aromatic N) is 1. The third-order valence-electron chi connectivity index (χ3n) is 8.86. The highest BCUT2D eigenvalue weighted by molar-refractivity contribution is 7.47. The van der Waals surface area contributed by atoms with Crippen molar-refractivity contribution < 1.29 is 32.9 Å². The normalized spacial score (nSPS) is 14.7. The number of nitrogens with one attached hydrogen (secondary N) is 1. The van der Waals surface area contributed by atoms with E-state index in [4.69, 9.17) is 9.05 Å². The maximum Gasteiger partial charge on any atom is 0.472 e. The lowest BCUT2D eigenvalue weighted by Crippen LogP contribution is -2.46. The SMILES string of the molecule is CCCCCCCCCCCCCCCC(=O)NC(COP(=O)(O)OCC[N+](C)(C)C)C(O)CCCCCCCCCCCCC. The van der Waals surface area contributed by atoms with Crippen LogP contribution in [-0.2, 0) is 18.4 Å². The Bertz CT molecular complexity index is 733. The molecular weight excluding hydrogens is 599 g/mol. The van der Waals surface area contributed by atoms with Crippen molar-refractivity contribution >= 4 is 13.7 Å². The van der Waals surface area contributed by atoms with Gasteiger partial charge in [-0.2, -0.15) is 0 Å². The lowest BCUT2D eigenvalue weighted by molar-refractivity contribution is -0.870. The fourth-order valence-corrected chi connectivity index (χ4v) is 6.43. The molecule has 0 aliphatic rings. The molecule has 3 atom stereocenters. The fourth-order valence-electron chi connectivity index (χ4n) is 5.69. The summed E-state index contributed by atoms with van der Waals surface area (Å²) in [5, 5.41) is 13.9. The Morgan fingerprint density at radius 3 is 1.46 bits per heavy atom. The molecule has 9 heteroatoms. The Morgan fingerprint density at radius 2 is 1.04 bits per heavy atom. The molecule has 0 aliphatic carbocycles. The van der Waals surface area contributed by atoms with Gasteiger partial charge in [-0.05, 0) is 12.8 Å². The maximum absolute atomic E-state index is 12.8. The molecular formula is C37H78N2O6P+. The molecule has 0 fully saturated rings. The predicted molar refractivity (Wildman–Crippen MR) is 194 cm³/mol. The van der Waals surface area contributed by atoms with E-state index in [2.05, 4.69) is 19.2 Å². The number of aliphatic hydroxyl groups is 1. The number of hydrogen-bond acceptors (Lipinski definition) is 5. The summed E-state index contributed by atoms with van der Waals surface area (Å²) in [4.78, 5) is 23.0. The Labute approximate surface area is 285 Å². The van der Waals surface area contributed by atoms with Gasteiger partial charge < -0.3 is 19.8 Å². The number of amides is 1. The predicted octanol–water partition coefficient (Wildman–Crippen LogP) is 9.85. The van der Waals surface area contributed by atoms with Crippen LogP contribution in [-0.4, -0.2) is 73.4 Å². The number of phosphoric ester groups is 1. The van der Waals surface area contributed by atoms with Crippen molar-refractivity contribution in [1.29, 1.82) is 0 Å². The van der Waals surface area contributed by atoms with Crippen molar-refractivity contribution in [2.75, 3.05) is 40.9 Å². The molecule has 0 aromatic heterocycles. The van der Waals surface area contributed by atoms with Crippen LogP contribution in [0.3, 0.4) is 0 Å². The Kier molecular flexibility index (Phi) is 30.2. The van der Waals surface area contributed by atoms with E-state index in [0.29, 0.717) is 23.9 Å². The highest BCUT2D eigenvalue weighted by Crippen LogP contribution is 2.43. The first-order valence-electron chi connectivity index (χ1n) is 19.4. The van der Waals surface area contributed by atoms with Gasteiger partial charge in [0.1, 0.15) is 13.2 Å². The van der Waals surface area contributed by atoms with E-state index in [1.54, 1.807) is 0 Å². The van der Waals surface area contributed by atoms with Gasteiger partial charge >= 0.3 is 7.82 Å². The number of unbranched alkanes of at least 4 members (excludes halogenated alkanes) is 22. The molecule has 0 bridgehead atoms. The van der Waals surface area contributed by atoms with Gasteiger partial charge in [-0.25, -0.2) is 4.57 Å². The minimum Gasteiger partial charge on any atom is -0.391 e. The molecule has 0 spiro atoms. The van der Waals surface area contributed by atoms with Crippen molar-refractivity contribution in [2.24, 2.45) is 0 Å². The van der Waals surface area contributed by atoms with Crippen LogP contribution in [0.15, 0.2) is 0 Å². The first-order chi connectivity index (χ1) is 22.0. The molecule has 0 radical (unpaired) electrons. The number of hydrogen-bond donors (Lipinski definition) is 3. The Morgan fingerprint density at radius 1 is 0.652 bits per heavy atom. The van der Waals surface area contributed by atoms with Crippen LogP contribution in [0.25, 0.3) is 0 Å². The fraction of sp³-hybridized carbons (Fsp3) is 0.973. The molecule has 46 heavy (non-hydrogen) atoms. The van der Waals surface area contributed by atoms with Crippen molar-refractivity contribution in [3.05, 3.63) is 0 Å². The largest absolute Gasteiger partial charge is 0.472 e. The quantitative estimate of drug-likeness (QED) is 0.0350. The lowest BCUT2D eigenvalue weighted by Gasteiger charge is -2.26. The second kappa shape index (κ2) is 30.6. The summed E-state index contributed by atoms with van der Waals surface area (Å²) in [6.07, 6.45) is 29.7. The van der Waals surface area contributed by atoms with Gasteiger partial charge in [0.25, 0.3) is 0 Å². The number of likely N-dealkylation sites (N-methyl/N-ethyl adjacent to an activating group) is 1. The van der Waals surface area contributed by atoms with Crippen LogP contribution in [0.5, 0.6) is 0 Å².